The number of aromatic carboxylic acids is 1. The predicted octanol–water partition coefficient (Wildman–Crippen LogP) is 4.65. The maximum Gasteiger partial charge on any atom is 0.408 e. The van der Waals surface area contributed by atoms with Crippen molar-refractivity contribution in [1.29, 1.82) is 0 Å². The van der Waals surface area contributed by atoms with Crippen LogP contribution < -0.4 is 5.32 Å². The molecule has 5 rings (SSSR count). The SMILES string of the molecule is CC(C)(NC(=O)OCC1c2ccccc2-c2ccccc21)C(=O)N1CCc2sc(C(=O)O)cc2C1. The molecular formula is C27H26N2O5S. The summed E-state index contributed by atoms with van der Waals surface area (Å²) in [6.07, 6.45) is -0.0494. The number of nitrogens with zero attached hydrogens (tertiary/aromatic N) is 1. The number of carboxylic acid groups (broad SMARTS) is 1. The Balaban J connectivity index is 1.23. The Labute approximate surface area is 207 Å². The van der Waals surface area contributed by atoms with E-state index in [1.54, 1.807) is 24.8 Å². The number of hydrogen-bond acceptors (Lipinski definition) is 5. The summed E-state index contributed by atoms with van der Waals surface area (Å²) in [5.74, 6) is -1.26. The average molecular weight is 491 g/mol. The number of fused-ring (bicyclic) bond motifs is 4. The molecule has 2 aromatic carbocycles. The molecule has 7 nitrogen and oxygen atoms in total. The molecule has 0 spiro atoms. The maximum absolute atomic E-state index is 13.2. The Morgan fingerprint density at radius 3 is 2.34 bits per heavy atom. The predicted molar refractivity (Wildman–Crippen MR) is 133 cm³/mol. The number of ether oxygens (including phenoxy) is 1. The van der Waals surface area contributed by atoms with E-state index in [9.17, 15) is 19.5 Å². The van der Waals surface area contributed by atoms with E-state index in [1.807, 2.05) is 24.3 Å². The fraction of sp³-hybridized carbons (Fsp3) is 0.296. The lowest BCUT2D eigenvalue weighted by Crippen LogP contribution is -2.56. The minimum absolute atomic E-state index is 0.0606. The number of nitrogens with one attached hydrogen (secondary N) is 1. The van der Waals surface area contributed by atoms with E-state index in [0.29, 0.717) is 19.5 Å². The molecule has 3 aromatic rings. The molecule has 1 aromatic heterocycles. The smallest absolute Gasteiger partial charge is 0.408 e. The van der Waals surface area contributed by atoms with Crippen molar-refractivity contribution in [2.45, 2.75) is 38.3 Å². The van der Waals surface area contributed by atoms with E-state index < -0.39 is 17.6 Å². The normalized spacial score (nSPS) is 14.6. The molecule has 2 heterocycles. The van der Waals surface area contributed by atoms with Gasteiger partial charge in [0, 0.05) is 23.9 Å². The lowest BCUT2D eigenvalue weighted by molar-refractivity contribution is -0.137. The van der Waals surface area contributed by atoms with Gasteiger partial charge in [-0.1, -0.05) is 48.5 Å². The first kappa shape index (κ1) is 23.1. The highest BCUT2D eigenvalue weighted by atomic mass is 32.1. The fourth-order valence-corrected chi connectivity index (χ4v) is 5.95. The summed E-state index contributed by atoms with van der Waals surface area (Å²) in [5.41, 5.74) is 4.22. The van der Waals surface area contributed by atoms with Crippen molar-refractivity contribution in [1.82, 2.24) is 10.2 Å². The van der Waals surface area contributed by atoms with Crippen molar-refractivity contribution < 1.29 is 24.2 Å². The van der Waals surface area contributed by atoms with Gasteiger partial charge in [-0.05, 0) is 54.2 Å². The summed E-state index contributed by atoms with van der Waals surface area (Å²) in [5, 5.41) is 12.0. The molecule has 0 saturated carbocycles. The van der Waals surface area contributed by atoms with Crippen molar-refractivity contribution >= 4 is 29.3 Å². The van der Waals surface area contributed by atoms with Crippen LogP contribution in [0.3, 0.4) is 0 Å². The van der Waals surface area contributed by atoms with Crippen LogP contribution in [0, 0.1) is 0 Å². The van der Waals surface area contributed by atoms with Crippen LogP contribution in [0.25, 0.3) is 11.1 Å². The maximum atomic E-state index is 13.2. The minimum atomic E-state index is -1.17. The number of amides is 2. The Hall–Kier alpha value is -3.65. The Kier molecular flexibility index (Phi) is 5.84. The molecular weight excluding hydrogens is 464 g/mol. The van der Waals surface area contributed by atoms with E-state index in [0.717, 1.165) is 32.7 Å². The molecule has 1 aliphatic heterocycles. The molecule has 35 heavy (non-hydrogen) atoms. The van der Waals surface area contributed by atoms with Gasteiger partial charge in [-0.25, -0.2) is 9.59 Å². The summed E-state index contributed by atoms with van der Waals surface area (Å²) in [7, 11) is 0. The van der Waals surface area contributed by atoms with Crippen LogP contribution in [0.15, 0.2) is 54.6 Å². The van der Waals surface area contributed by atoms with E-state index in [-0.39, 0.29) is 23.3 Å². The number of alkyl carbamates (subject to hydrolysis) is 1. The fourth-order valence-electron chi connectivity index (χ4n) is 4.95. The molecule has 2 aliphatic rings. The zero-order chi connectivity index (χ0) is 24.7. The van der Waals surface area contributed by atoms with Gasteiger partial charge < -0.3 is 20.1 Å². The molecule has 0 bridgehead atoms. The van der Waals surface area contributed by atoms with Gasteiger partial charge in [-0.2, -0.15) is 0 Å². The number of thiophene rings is 1. The van der Waals surface area contributed by atoms with Crippen molar-refractivity contribution in [3.8, 4) is 11.1 Å². The number of benzene rings is 2. The highest BCUT2D eigenvalue weighted by Gasteiger charge is 2.37. The number of carbonyl (C=O) groups excluding carboxylic acids is 2. The highest BCUT2D eigenvalue weighted by molar-refractivity contribution is 7.14. The van der Waals surface area contributed by atoms with Crippen molar-refractivity contribution in [3.63, 3.8) is 0 Å². The largest absolute Gasteiger partial charge is 0.477 e. The third kappa shape index (κ3) is 4.30. The van der Waals surface area contributed by atoms with Crippen LogP contribution in [0.1, 0.15) is 51.0 Å². The van der Waals surface area contributed by atoms with Crippen molar-refractivity contribution in [2.24, 2.45) is 0 Å². The monoisotopic (exact) mass is 490 g/mol. The highest BCUT2D eigenvalue weighted by Crippen LogP contribution is 2.44. The third-order valence-electron chi connectivity index (χ3n) is 6.66. The van der Waals surface area contributed by atoms with Gasteiger partial charge >= 0.3 is 12.1 Å². The molecule has 180 valence electrons. The molecule has 0 atom stereocenters. The standard InChI is InChI=1S/C27H26N2O5S/c1-27(2,25(32)29-12-11-22-16(14-29)13-23(35-22)24(30)31)28-26(33)34-15-21-19-9-5-3-7-17(19)18-8-4-6-10-20(18)21/h3-10,13,21H,11-12,14-15H2,1-2H3,(H,28,33)(H,30,31). The lowest BCUT2D eigenvalue weighted by atomic mass is 9.98. The Morgan fingerprint density at radius 1 is 1.09 bits per heavy atom. The molecule has 1 aliphatic carbocycles. The zero-order valence-electron chi connectivity index (χ0n) is 19.5. The van der Waals surface area contributed by atoms with E-state index in [1.165, 1.54) is 11.3 Å². The van der Waals surface area contributed by atoms with Gasteiger partial charge in [0.05, 0.1) is 0 Å². The summed E-state index contributed by atoms with van der Waals surface area (Å²) in [6, 6.07) is 17.9. The van der Waals surface area contributed by atoms with Gasteiger partial charge in [0.2, 0.25) is 5.91 Å². The molecule has 0 saturated heterocycles. The Bertz CT molecular complexity index is 1280. The zero-order valence-corrected chi connectivity index (χ0v) is 20.4. The van der Waals surface area contributed by atoms with Crippen LogP contribution in [-0.4, -0.2) is 46.7 Å². The number of carboxylic acids is 1. The molecule has 2 N–H and O–H groups in total. The lowest BCUT2D eigenvalue weighted by Gasteiger charge is -2.34. The first-order valence-corrected chi connectivity index (χ1v) is 12.3. The van der Waals surface area contributed by atoms with Crippen LogP contribution >= 0.6 is 11.3 Å². The summed E-state index contributed by atoms with van der Waals surface area (Å²) in [4.78, 5) is 40.2. The molecule has 0 radical (unpaired) electrons. The van der Waals surface area contributed by atoms with Crippen molar-refractivity contribution in [2.75, 3.05) is 13.2 Å². The van der Waals surface area contributed by atoms with Gasteiger partial charge in [-0.15, -0.1) is 11.3 Å². The number of carbonyl (C=O) groups is 3. The van der Waals surface area contributed by atoms with Gasteiger partial charge in [0.25, 0.3) is 0 Å². The van der Waals surface area contributed by atoms with Crippen molar-refractivity contribution in [3.05, 3.63) is 81.0 Å². The van der Waals surface area contributed by atoms with Crippen LogP contribution in [-0.2, 0) is 22.5 Å². The minimum Gasteiger partial charge on any atom is -0.477 e. The molecule has 8 heteroatoms. The quantitative estimate of drug-likeness (QED) is 0.543. The topological polar surface area (TPSA) is 95.9 Å². The van der Waals surface area contributed by atoms with Crippen LogP contribution in [0.2, 0.25) is 0 Å². The number of rotatable bonds is 5. The van der Waals surface area contributed by atoms with E-state index >= 15 is 0 Å². The third-order valence-corrected chi connectivity index (χ3v) is 7.88. The first-order valence-electron chi connectivity index (χ1n) is 11.5. The second-order valence-corrected chi connectivity index (χ2v) is 10.6. The first-order chi connectivity index (χ1) is 16.7. The summed E-state index contributed by atoms with van der Waals surface area (Å²) < 4.78 is 5.61. The van der Waals surface area contributed by atoms with Gasteiger partial charge in [0.15, 0.2) is 0 Å². The summed E-state index contributed by atoms with van der Waals surface area (Å²) in [6.45, 7) is 4.28. The van der Waals surface area contributed by atoms with Gasteiger partial charge in [-0.3, -0.25) is 4.79 Å². The van der Waals surface area contributed by atoms with E-state index in [4.69, 9.17) is 4.74 Å². The average Bonchev–Trinajstić information content (AvgIpc) is 3.41. The second-order valence-electron chi connectivity index (χ2n) is 9.42. The number of hydrogen-bond donors (Lipinski definition) is 2. The van der Waals surface area contributed by atoms with Crippen LogP contribution in [0.5, 0.6) is 0 Å². The molecule has 0 fully saturated rings. The van der Waals surface area contributed by atoms with Gasteiger partial charge in [0.1, 0.15) is 17.0 Å². The van der Waals surface area contributed by atoms with Crippen LogP contribution in [0.4, 0.5) is 4.79 Å². The molecule has 0 unspecified atom stereocenters. The summed E-state index contributed by atoms with van der Waals surface area (Å²) >= 11 is 1.26. The Morgan fingerprint density at radius 2 is 1.71 bits per heavy atom. The van der Waals surface area contributed by atoms with E-state index in [2.05, 4.69) is 29.6 Å². The second kappa shape index (κ2) is 8.85. The molecule has 2 amide bonds.